The van der Waals surface area contributed by atoms with Crippen molar-refractivity contribution in [1.82, 2.24) is 0 Å². The number of nitro benzene ring substituents is 1. The van der Waals surface area contributed by atoms with E-state index in [4.69, 9.17) is 0 Å². The second-order valence-electron chi connectivity index (χ2n) is 3.19. The van der Waals surface area contributed by atoms with Gasteiger partial charge in [-0.25, -0.2) is 0 Å². The Labute approximate surface area is 155 Å². The molecule has 0 aliphatic carbocycles. The molecule has 0 unspecified atom stereocenters. The minimum absolute atomic E-state index is 0. The van der Waals surface area contributed by atoms with Gasteiger partial charge < -0.3 is 15.2 Å². The fourth-order valence-corrected chi connectivity index (χ4v) is 1.68. The Morgan fingerprint density at radius 2 is 1.89 bits per heavy atom. The van der Waals surface area contributed by atoms with E-state index in [2.05, 4.69) is 5.32 Å². The number of thioether (sulfide) groups is 1. The van der Waals surface area contributed by atoms with Gasteiger partial charge in [-0.15, -0.1) is 11.8 Å². The molecule has 0 saturated heterocycles. The number of para-hydroxylation sites is 2. The largest absolute Gasteiger partial charge is 1.00 e. The molecule has 19 heavy (non-hydrogen) atoms. The van der Waals surface area contributed by atoms with Gasteiger partial charge in [-0.05, 0) is 6.07 Å². The van der Waals surface area contributed by atoms with E-state index in [1.165, 1.54) is 18.2 Å². The fourth-order valence-electron chi connectivity index (χ4n) is 1.15. The van der Waals surface area contributed by atoms with E-state index in [9.17, 15) is 24.8 Å². The van der Waals surface area contributed by atoms with E-state index in [0.29, 0.717) is 0 Å². The molecule has 0 aliphatic heterocycles. The summed E-state index contributed by atoms with van der Waals surface area (Å²) in [5.41, 5.74) is -0.127. The summed E-state index contributed by atoms with van der Waals surface area (Å²) in [6.07, 6.45) is 0. The Morgan fingerprint density at radius 1 is 1.26 bits per heavy atom. The summed E-state index contributed by atoms with van der Waals surface area (Å²) < 4.78 is 0. The number of carboxylic acid groups (broad SMARTS) is 1. The first-order valence-electron chi connectivity index (χ1n) is 4.81. The fraction of sp³-hybridized carbons (Fsp3) is 0.200. The molecule has 0 atom stereocenters. The Bertz CT molecular complexity index is 483. The number of aliphatic carboxylic acids is 1. The Hall–Kier alpha value is -0.454. The maximum Gasteiger partial charge on any atom is 1.00 e. The molecule has 1 aromatic rings. The monoisotopic (exact) mass is 308 g/mol. The molecule has 7 nitrogen and oxygen atoms in total. The van der Waals surface area contributed by atoms with Crippen LogP contribution >= 0.6 is 11.8 Å². The predicted octanol–water partition coefficient (Wildman–Crippen LogP) is -2.98. The number of nitrogens with one attached hydrogen (secondary N) is 1. The van der Waals surface area contributed by atoms with Crippen molar-refractivity contribution in [3.63, 3.8) is 0 Å². The van der Waals surface area contributed by atoms with E-state index >= 15 is 0 Å². The van der Waals surface area contributed by atoms with Gasteiger partial charge in [0.2, 0.25) is 5.91 Å². The second-order valence-corrected chi connectivity index (χ2v) is 4.17. The molecule has 0 fully saturated rings. The van der Waals surface area contributed by atoms with Gasteiger partial charge in [-0.2, -0.15) is 0 Å². The molecule has 0 aromatic heterocycles. The minimum atomic E-state index is -1.27. The molecule has 1 rings (SSSR count). The van der Waals surface area contributed by atoms with Gasteiger partial charge in [0.1, 0.15) is 5.69 Å². The van der Waals surface area contributed by atoms with Gasteiger partial charge in [-0.1, -0.05) is 12.1 Å². The number of amides is 1. The molecular formula is C10H9KN2O5S. The van der Waals surface area contributed by atoms with E-state index in [1.54, 1.807) is 6.07 Å². The van der Waals surface area contributed by atoms with Crippen molar-refractivity contribution < 1.29 is 71.0 Å². The summed E-state index contributed by atoms with van der Waals surface area (Å²) >= 11 is 0.859. The van der Waals surface area contributed by atoms with Gasteiger partial charge in [0.15, 0.2) is 0 Å². The smallest absolute Gasteiger partial charge is 0.549 e. The zero-order valence-corrected chi connectivity index (χ0v) is 14.1. The molecule has 1 amide bonds. The zero-order valence-electron chi connectivity index (χ0n) is 10.1. The van der Waals surface area contributed by atoms with E-state index < -0.39 is 16.8 Å². The molecule has 96 valence electrons. The number of carbonyl (C=O) groups excluding carboxylic acids is 2. The summed E-state index contributed by atoms with van der Waals surface area (Å²) in [5.74, 6) is -2.18. The Kier molecular flexibility index (Phi) is 9.22. The Morgan fingerprint density at radius 3 is 2.47 bits per heavy atom. The van der Waals surface area contributed by atoms with Crippen LogP contribution in [0.5, 0.6) is 0 Å². The van der Waals surface area contributed by atoms with Crippen LogP contribution in [0.2, 0.25) is 0 Å². The molecule has 0 heterocycles. The summed E-state index contributed by atoms with van der Waals surface area (Å²) in [6, 6.07) is 5.71. The Balaban J connectivity index is 0.00000324. The average molecular weight is 308 g/mol. The van der Waals surface area contributed by atoms with Crippen molar-refractivity contribution in [2.75, 3.05) is 16.8 Å². The van der Waals surface area contributed by atoms with Crippen molar-refractivity contribution in [2.24, 2.45) is 0 Å². The van der Waals surface area contributed by atoms with Gasteiger partial charge in [0.05, 0.1) is 16.6 Å². The van der Waals surface area contributed by atoms with Crippen LogP contribution in [-0.2, 0) is 9.59 Å². The van der Waals surface area contributed by atoms with Crippen LogP contribution in [0.1, 0.15) is 0 Å². The third-order valence-electron chi connectivity index (χ3n) is 1.83. The van der Waals surface area contributed by atoms with Crippen molar-refractivity contribution in [1.29, 1.82) is 0 Å². The van der Waals surface area contributed by atoms with Crippen molar-refractivity contribution >= 4 is 35.0 Å². The van der Waals surface area contributed by atoms with Gasteiger partial charge in [0.25, 0.3) is 5.69 Å². The number of benzene rings is 1. The summed E-state index contributed by atoms with van der Waals surface area (Å²) in [5, 5.41) is 23.2. The summed E-state index contributed by atoms with van der Waals surface area (Å²) in [4.78, 5) is 31.6. The third kappa shape index (κ3) is 7.04. The standard InChI is InChI=1S/C10H10N2O5S.K/c13-9(5-18-6-10(14)15)11-7-3-1-2-4-8(7)12(16)17;/h1-4H,5-6H2,(H,11,13)(H,14,15);/q;+1/p-1. The molecule has 9 heteroatoms. The van der Waals surface area contributed by atoms with Crippen molar-refractivity contribution in [3.8, 4) is 0 Å². The average Bonchev–Trinajstić information content (AvgIpc) is 2.28. The molecule has 0 spiro atoms. The first-order valence-corrected chi connectivity index (χ1v) is 5.97. The molecular weight excluding hydrogens is 299 g/mol. The maximum atomic E-state index is 11.4. The topological polar surface area (TPSA) is 112 Å². The molecule has 1 aromatic carbocycles. The van der Waals surface area contributed by atoms with E-state index in [1.807, 2.05) is 0 Å². The van der Waals surface area contributed by atoms with Crippen LogP contribution < -0.4 is 61.8 Å². The molecule has 1 N–H and O–H groups in total. The zero-order chi connectivity index (χ0) is 13.5. The van der Waals surface area contributed by atoms with E-state index in [0.717, 1.165) is 11.8 Å². The minimum Gasteiger partial charge on any atom is -0.549 e. The number of anilines is 1. The number of rotatable bonds is 6. The molecule has 0 bridgehead atoms. The first-order chi connectivity index (χ1) is 8.50. The molecule has 0 aliphatic rings. The van der Waals surface area contributed by atoms with E-state index in [-0.39, 0.29) is 74.3 Å². The van der Waals surface area contributed by atoms with Gasteiger partial charge in [-0.3, -0.25) is 14.9 Å². The van der Waals surface area contributed by atoms with Crippen LogP contribution in [0.4, 0.5) is 11.4 Å². The number of hydrogen-bond acceptors (Lipinski definition) is 6. The number of carbonyl (C=O) groups is 2. The van der Waals surface area contributed by atoms with Crippen molar-refractivity contribution in [2.45, 2.75) is 0 Å². The summed E-state index contributed by atoms with van der Waals surface area (Å²) in [7, 11) is 0. The van der Waals surface area contributed by atoms with Gasteiger partial charge in [0, 0.05) is 11.8 Å². The van der Waals surface area contributed by atoms with Crippen LogP contribution in [0.25, 0.3) is 0 Å². The van der Waals surface area contributed by atoms with Crippen LogP contribution in [0.15, 0.2) is 24.3 Å². The predicted molar refractivity (Wildman–Crippen MR) is 64.1 cm³/mol. The molecule has 0 radical (unpaired) electrons. The number of nitro groups is 1. The molecule has 0 saturated carbocycles. The van der Waals surface area contributed by atoms with Crippen molar-refractivity contribution in [3.05, 3.63) is 34.4 Å². The van der Waals surface area contributed by atoms with Gasteiger partial charge >= 0.3 is 51.4 Å². The first kappa shape index (κ1) is 18.5. The van der Waals surface area contributed by atoms with Crippen LogP contribution in [-0.4, -0.2) is 28.3 Å². The summed E-state index contributed by atoms with van der Waals surface area (Å²) in [6.45, 7) is 0. The third-order valence-corrected chi connectivity index (χ3v) is 2.73. The normalized spacial score (nSPS) is 9.26. The maximum absolute atomic E-state index is 11.4. The quantitative estimate of drug-likeness (QED) is 0.341. The number of nitrogens with zero attached hydrogens (tertiary/aromatic N) is 1. The van der Waals surface area contributed by atoms with Crippen LogP contribution in [0.3, 0.4) is 0 Å². The second kappa shape index (κ2) is 9.45. The van der Waals surface area contributed by atoms with Crippen LogP contribution in [0, 0.1) is 10.1 Å². The SMILES string of the molecule is O=C([O-])CSCC(=O)Nc1ccccc1[N+](=O)[O-].[K+]. The number of hydrogen-bond donors (Lipinski definition) is 1. The number of carboxylic acids is 1.